The molecule has 16 heteroatoms. The minimum Gasteiger partial charge on any atom is -0.508 e. The summed E-state index contributed by atoms with van der Waals surface area (Å²) in [6.45, 7) is -0.839. The third kappa shape index (κ3) is 6.45. The molecule has 1 saturated heterocycles. The van der Waals surface area contributed by atoms with Gasteiger partial charge in [0.05, 0.1) is 20.8 Å². The van der Waals surface area contributed by atoms with E-state index in [-0.39, 0.29) is 28.4 Å². The van der Waals surface area contributed by atoms with E-state index in [1.807, 2.05) is 0 Å². The zero-order chi connectivity index (χ0) is 34.9. The highest BCUT2D eigenvalue weighted by Gasteiger charge is 2.48. The number of benzene rings is 3. The van der Waals surface area contributed by atoms with Gasteiger partial charge in [-0.15, -0.1) is 0 Å². The van der Waals surface area contributed by atoms with Crippen LogP contribution in [0.2, 0.25) is 0 Å². The normalized spacial score (nSPS) is 20.9. The molecule has 8 N–H and O–H groups in total. The van der Waals surface area contributed by atoms with Crippen molar-refractivity contribution in [3.63, 3.8) is 0 Å². The van der Waals surface area contributed by atoms with E-state index < -0.39 is 88.6 Å². The van der Waals surface area contributed by atoms with Gasteiger partial charge in [0, 0.05) is 23.8 Å². The van der Waals surface area contributed by atoms with Gasteiger partial charge in [0.2, 0.25) is 23.2 Å². The van der Waals surface area contributed by atoms with E-state index in [1.165, 1.54) is 38.5 Å². The molecule has 3 aromatic carbocycles. The lowest BCUT2D eigenvalue weighted by Crippen LogP contribution is -2.61. The van der Waals surface area contributed by atoms with Crippen molar-refractivity contribution in [2.45, 2.75) is 30.7 Å². The molecule has 0 amide bonds. The van der Waals surface area contributed by atoms with Gasteiger partial charge in [0.1, 0.15) is 40.8 Å². The molecule has 1 aromatic heterocycles. The molecule has 5 unspecified atom stereocenters. The maximum absolute atomic E-state index is 13.8. The topological polar surface area (TPSA) is 255 Å². The van der Waals surface area contributed by atoms with Gasteiger partial charge >= 0.3 is 5.97 Å². The molecule has 254 valence electrons. The molecule has 2 heterocycles. The summed E-state index contributed by atoms with van der Waals surface area (Å²) < 4.78 is 32.8. The van der Waals surface area contributed by atoms with Crippen molar-refractivity contribution in [2.24, 2.45) is 0 Å². The number of carbonyl (C=O) groups excluding carboxylic acids is 1. The van der Waals surface area contributed by atoms with E-state index >= 15 is 0 Å². The zero-order valence-electron chi connectivity index (χ0n) is 25.1. The van der Waals surface area contributed by atoms with E-state index in [1.54, 1.807) is 0 Å². The van der Waals surface area contributed by atoms with E-state index in [0.717, 1.165) is 30.3 Å². The van der Waals surface area contributed by atoms with Crippen molar-refractivity contribution >= 4 is 23.0 Å². The van der Waals surface area contributed by atoms with Crippen LogP contribution in [0.4, 0.5) is 0 Å². The third-order valence-electron chi connectivity index (χ3n) is 7.38. The maximum atomic E-state index is 13.8. The number of aliphatic hydroxyl groups is 3. The summed E-state index contributed by atoms with van der Waals surface area (Å²) >= 11 is 0. The van der Waals surface area contributed by atoms with Crippen molar-refractivity contribution in [1.82, 2.24) is 0 Å². The van der Waals surface area contributed by atoms with E-state index in [9.17, 15) is 50.4 Å². The fraction of sp³-hybridized carbons (Fsp3) is 0.250. The number of carbonyl (C=O) groups is 1. The lowest BCUT2D eigenvalue weighted by molar-refractivity contribution is -0.281. The second kappa shape index (κ2) is 13.6. The van der Waals surface area contributed by atoms with Crippen LogP contribution in [0.25, 0.3) is 28.4 Å². The van der Waals surface area contributed by atoms with Crippen LogP contribution in [0.3, 0.4) is 0 Å². The second-order valence-electron chi connectivity index (χ2n) is 10.5. The number of hydrogen-bond acceptors (Lipinski definition) is 16. The van der Waals surface area contributed by atoms with Gasteiger partial charge in [-0.05, 0) is 42.0 Å². The minimum absolute atomic E-state index is 0.0401. The Bertz CT molecular complexity index is 1910. The third-order valence-corrected chi connectivity index (χ3v) is 7.38. The first kappa shape index (κ1) is 33.7. The number of aliphatic hydroxyl groups excluding tert-OH is 3. The molecule has 1 aliphatic heterocycles. The molecule has 0 radical (unpaired) electrons. The summed E-state index contributed by atoms with van der Waals surface area (Å²) in [4.78, 5) is 26.8. The number of aromatic hydroxyl groups is 5. The van der Waals surface area contributed by atoms with Crippen molar-refractivity contribution in [2.75, 3.05) is 20.8 Å². The summed E-state index contributed by atoms with van der Waals surface area (Å²) in [7, 11) is 2.62. The van der Waals surface area contributed by atoms with Crippen LogP contribution in [-0.2, 0) is 14.3 Å². The van der Waals surface area contributed by atoms with Crippen LogP contribution < -0.4 is 19.6 Å². The summed E-state index contributed by atoms with van der Waals surface area (Å²) in [5.74, 6) is -4.71. The highest BCUT2D eigenvalue weighted by Crippen LogP contribution is 2.40. The Morgan fingerprint density at radius 1 is 0.896 bits per heavy atom. The molecule has 16 nitrogen and oxygen atoms in total. The van der Waals surface area contributed by atoms with E-state index in [0.29, 0.717) is 5.56 Å². The Balaban J connectivity index is 1.55. The number of ether oxygens (including phenoxy) is 5. The predicted octanol–water partition coefficient (Wildman–Crippen LogP) is 1.45. The Morgan fingerprint density at radius 3 is 2.21 bits per heavy atom. The lowest BCUT2D eigenvalue weighted by Gasteiger charge is -2.41. The average Bonchev–Trinajstić information content (AvgIpc) is 3.05. The number of phenolic OH excluding ortho intramolecular Hbond substituents is 5. The lowest BCUT2D eigenvalue weighted by atomic mass is 9.99. The fourth-order valence-corrected chi connectivity index (χ4v) is 4.97. The number of esters is 1. The molecule has 0 aliphatic carbocycles. The van der Waals surface area contributed by atoms with Gasteiger partial charge in [-0.3, -0.25) is 4.79 Å². The zero-order valence-corrected chi connectivity index (χ0v) is 25.1. The maximum Gasteiger partial charge on any atom is 0.331 e. The number of rotatable bonds is 9. The Hall–Kier alpha value is -5.68. The summed E-state index contributed by atoms with van der Waals surface area (Å²) in [6.07, 6.45) is -6.80. The molecule has 1 aliphatic rings. The molecule has 1 fully saturated rings. The molecule has 0 saturated carbocycles. The number of hydrogen-bond donors (Lipinski definition) is 8. The fourth-order valence-electron chi connectivity index (χ4n) is 4.97. The molecule has 48 heavy (non-hydrogen) atoms. The SMILES string of the molecule is COc1cc(C=CC(=O)OC2C(Oc3c(-c4ccc(O)c(O)c4)oc4cc(O)cc(O)c4c3=O)OC(CO)C(O)C2O)cc(OC)c1O. The van der Waals surface area contributed by atoms with Gasteiger partial charge in [-0.25, -0.2) is 4.79 Å². The van der Waals surface area contributed by atoms with Crippen LogP contribution in [0.15, 0.2) is 57.8 Å². The largest absolute Gasteiger partial charge is 0.508 e. The van der Waals surface area contributed by atoms with Crippen molar-refractivity contribution in [3.8, 4) is 57.3 Å². The number of phenols is 5. The predicted molar refractivity (Wildman–Crippen MR) is 163 cm³/mol. The van der Waals surface area contributed by atoms with Crippen LogP contribution in [0.5, 0.6) is 46.0 Å². The molecule has 0 spiro atoms. The van der Waals surface area contributed by atoms with Gasteiger partial charge in [0.25, 0.3) is 0 Å². The Morgan fingerprint density at radius 2 is 1.58 bits per heavy atom. The second-order valence-corrected chi connectivity index (χ2v) is 10.5. The smallest absolute Gasteiger partial charge is 0.331 e. The Labute approximate surface area is 270 Å². The molecule has 5 rings (SSSR count). The van der Waals surface area contributed by atoms with Crippen molar-refractivity contribution < 1.29 is 73.7 Å². The first-order chi connectivity index (χ1) is 22.9. The summed E-state index contributed by atoms with van der Waals surface area (Å²) in [5.41, 5.74) is -1.07. The standard InChI is InChI=1S/C32H30O16/c1-43-20-7-13(8-21(44-2)25(20)39)3-6-23(38)47-31-28(42)26(40)22(12-33)46-32(31)48-30-27(41)24-18(37)10-15(34)11-19(24)45-29(30)14-4-5-16(35)17(36)9-14/h3-11,22,26,28,31-37,39-40,42H,12H2,1-2H3. The molecule has 5 atom stereocenters. The molecule has 4 aromatic rings. The van der Waals surface area contributed by atoms with E-state index in [2.05, 4.69) is 0 Å². The van der Waals surface area contributed by atoms with Crippen molar-refractivity contribution in [1.29, 1.82) is 0 Å². The monoisotopic (exact) mass is 670 g/mol. The summed E-state index contributed by atoms with van der Waals surface area (Å²) in [6, 6.07) is 8.00. The van der Waals surface area contributed by atoms with Crippen LogP contribution >= 0.6 is 0 Å². The van der Waals surface area contributed by atoms with Gasteiger partial charge in [-0.1, -0.05) is 0 Å². The Kier molecular flexibility index (Phi) is 9.53. The molecular weight excluding hydrogens is 640 g/mol. The van der Waals surface area contributed by atoms with Crippen LogP contribution in [-0.4, -0.2) is 98.4 Å². The molecule has 0 bridgehead atoms. The highest BCUT2D eigenvalue weighted by molar-refractivity contribution is 5.89. The first-order valence-electron chi connectivity index (χ1n) is 14.0. The molecular formula is C32H30O16. The quantitative estimate of drug-likeness (QED) is 0.0712. The van der Waals surface area contributed by atoms with Gasteiger partial charge in [0.15, 0.2) is 34.9 Å². The highest BCUT2D eigenvalue weighted by atomic mass is 16.7. The van der Waals surface area contributed by atoms with Crippen LogP contribution in [0.1, 0.15) is 5.56 Å². The van der Waals surface area contributed by atoms with Crippen molar-refractivity contribution in [3.05, 3.63) is 64.3 Å². The van der Waals surface area contributed by atoms with Crippen LogP contribution in [0, 0.1) is 0 Å². The average molecular weight is 671 g/mol. The summed E-state index contributed by atoms with van der Waals surface area (Å²) in [5, 5.41) is 81.4. The minimum atomic E-state index is -1.94. The number of methoxy groups -OCH3 is 2. The first-order valence-corrected chi connectivity index (χ1v) is 14.0. The van der Waals surface area contributed by atoms with Gasteiger partial charge < -0.3 is 69.0 Å². The van der Waals surface area contributed by atoms with E-state index in [4.69, 9.17) is 28.1 Å². The van der Waals surface area contributed by atoms with Gasteiger partial charge in [-0.2, -0.15) is 0 Å². The number of fused-ring (bicyclic) bond motifs is 1.